The molecule has 2 atom stereocenters. The van der Waals surface area contributed by atoms with Gasteiger partial charge in [-0.3, -0.25) is 4.79 Å². The van der Waals surface area contributed by atoms with Gasteiger partial charge in [0.2, 0.25) is 5.95 Å². The van der Waals surface area contributed by atoms with Gasteiger partial charge in [0.15, 0.2) is 0 Å². The molecule has 0 saturated heterocycles. The highest BCUT2D eigenvalue weighted by atomic mass is 16.1. The zero-order valence-electron chi connectivity index (χ0n) is 18.9. The van der Waals surface area contributed by atoms with Gasteiger partial charge in [-0.1, -0.05) is 49.2 Å². The Balaban J connectivity index is 1.42. The number of aromatic nitrogens is 3. The number of rotatable bonds is 7. The molecule has 2 aromatic heterocycles. The first-order chi connectivity index (χ1) is 16.6. The molecule has 6 N–H and O–H groups in total. The first kappa shape index (κ1) is 21.9. The maximum Gasteiger partial charge on any atom is 0.254 e. The van der Waals surface area contributed by atoms with Gasteiger partial charge in [-0.05, 0) is 42.0 Å². The summed E-state index contributed by atoms with van der Waals surface area (Å²) in [5.41, 5.74) is 15.2. The van der Waals surface area contributed by atoms with Gasteiger partial charge < -0.3 is 26.7 Å². The molecule has 1 saturated carbocycles. The zero-order chi connectivity index (χ0) is 23.5. The monoisotopic (exact) mass is 455 g/mol. The number of carbonyl (C=O) groups excluding carboxylic acids is 1. The van der Waals surface area contributed by atoms with E-state index in [0.29, 0.717) is 11.8 Å². The van der Waals surface area contributed by atoms with Gasteiger partial charge in [0.05, 0.1) is 5.52 Å². The number of nitrogens with one attached hydrogen (secondary N) is 2. The Bertz CT molecular complexity index is 1300. The van der Waals surface area contributed by atoms with Crippen molar-refractivity contribution in [2.24, 2.45) is 11.5 Å². The Kier molecular flexibility index (Phi) is 6.14. The predicted molar refractivity (Wildman–Crippen MR) is 135 cm³/mol. The first-order valence-electron chi connectivity index (χ1n) is 11.7. The molecule has 1 amide bonds. The minimum absolute atomic E-state index is 0.0596. The largest absolute Gasteiger partial charge is 0.365 e. The molecule has 2 heterocycles. The van der Waals surface area contributed by atoms with E-state index in [9.17, 15) is 4.79 Å². The Morgan fingerprint density at radius 2 is 1.91 bits per heavy atom. The SMILES string of the molecule is NC(=O)c1cnc(NC2CCCCC2N)nc1Nc1ccc2ccn(Cc3ccccc3)c2c1. The highest BCUT2D eigenvalue weighted by molar-refractivity contribution is 5.98. The number of hydrogen-bond donors (Lipinski definition) is 4. The summed E-state index contributed by atoms with van der Waals surface area (Å²) in [7, 11) is 0. The van der Waals surface area contributed by atoms with Crippen molar-refractivity contribution in [1.82, 2.24) is 14.5 Å². The number of carbonyl (C=O) groups is 1. The number of nitrogens with zero attached hydrogens (tertiary/aromatic N) is 3. The summed E-state index contributed by atoms with van der Waals surface area (Å²) < 4.78 is 2.20. The predicted octanol–water partition coefficient (Wildman–Crippen LogP) is 4.00. The van der Waals surface area contributed by atoms with Crippen LogP contribution in [0.15, 0.2) is 67.0 Å². The number of hydrogen-bond acceptors (Lipinski definition) is 6. The van der Waals surface area contributed by atoms with E-state index >= 15 is 0 Å². The average Bonchev–Trinajstić information content (AvgIpc) is 3.23. The fourth-order valence-corrected chi connectivity index (χ4v) is 4.55. The maximum atomic E-state index is 12.1. The molecule has 174 valence electrons. The lowest BCUT2D eigenvalue weighted by molar-refractivity contribution is 0.100. The van der Waals surface area contributed by atoms with Gasteiger partial charge in [0, 0.05) is 36.7 Å². The van der Waals surface area contributed by atoms with Gasteiger partial charge >= 0.3 is 0 Å². The van der Waals surface area contributed by atoms with E-state index in [1.165, 1.54) is 11.8 Å². The summed E-state index contributed by atoms with van der Waals surface area (Å²) in [5, 5.41) is 7.75. The molecular formula is C26H29N7O. The summed E-state index contributed by atoms with van der Waals surface area (Å²) in [6.45, 7) is 0.767. The lowest BCUT2D eigenvalue weighted by Gasteiger charge is -2.29. The standard InChI is InChI=1S/C26H29N7O/c27-21-8-4-5-9-22(21)31-26-29-15-20(24(28)34)25(32-26)30-19-11-10-18-12-13-33(23(18)14-19)16-17-6-2-1-3-7-17/h1-3,6-7,10-15,21-22H,4-5,8-9,16,27H2,(H2,28,34)(H2,29,30,31,32). The molecule has 1 fully saturated rings. The normalized spacial score (nSPS) is 18.0. The second-order valence-electron chi connectivity index (χ2n) is 8.85. The summed E-state index contributed by atoms with van der Waals surface area (Å²) >= 11 is 0. The third kappa shape index (κ3) is 4.72. The van der Waals surface area contributed by atoms with Gasteiger partial charge in [-0.2, -0.15) is 4.98 Å². The van der Waals surface area contributed by atoms with E-state index in [0.717, 1.165) is 48.8 Å². The smallest absolute Gasteiger partial charge is 0.254 e. The number of nitrogens with two attached hydrogens (primary N) is 2. The maximum absolute atomic E-state index is 12.1. The van der Waals surface area contributed by atoms with Gasteiger partial charge in [-0.15, -0.1) is 0 Å². The molecule has 2 aromatic carbocycles. The summed E-state index contributed by atoms with van der Waals surface area (Å²) in [6.07, 6.45) is 7.76. The molecule has 8 nitrogen and oxygen atoms in total. The van der Waals surface area contributed by atoms with Gasteiger partial charge in [0.1, 0.15) is 11.4 Å². The molecular weight excluding hydrogens is 426 g/mol. The second kappa shape index (κ2) is 9.52. The fraction of sp³-hybridized carbons (Fsp3) is 0.269. The van der Waals surface area contributed by atoms with Crippen LogP contribution in [0.1, 0.15) is 41.6 Å². The molecule has 0 spiro atoms. The van der Waals surface area contributed by atoms with Crippen molar-refractivity contribution >= 4 is 34.3 Å². The molecule has 4 aromatic rings. The quantitative estimate of drug-likeness (QED) is 0.334. The van der Waals surface area contributed by atoms with Crippen molar-refractivity contribution in [2.45, 2.75) is 44.3 Å². The number of amides is 1. The second-order valence-corrected chi connectivity index (χ2v) is 8.85. The van der Waals surface area contributed by atoms with Crippen molar-refractivity contribution in [3.8, 4) is 0 Å². The highest BCUT2D eigenvalue weighted by Crippen LogP contribution is 2.26. The van der Waals surface area contributed by atoms with Crippen molar-refractivity contribution < 1.29 is 4.79 Å². The van der Waals surface area contributed by atoms with Crippen LogP contribution in [0.2, 0.25) is 0 Å². The number of fused-ring (bicyclic) bond motifs is 1. The van der Waals surface area contributed by atoms with Crippen molar-refractivity contribution in [2.75, 3.05) is 10.6 Å². The molecule has 1 aliphatic rings. The van der Waals surface area contributed by atoms with Crippen molar-refractivity contribution in [1.29, 1.82) is 0 Å². The van der Waals surface area contributed by atoms with Crippen LogP contribution in [0.3, 0.4) is 0 Å². The van der Waals surface area contributed by atoms with Crippen LogP contribution in [0.25, 0.3) is 10.9 Å². The van der Waals surface area contributed by atoms with E-state index in [2.05, 4.69) is 55.6 Å². The van der Waals surface area contributed by atoms with Crippen LogP contribution in [-0.2, 0) is 6.54 Å². The lowest BCUT2D eigenvalue weighted by atomic mass is 9.91. The number of anilines is 3. The van der Waals surface area contributed by atoms with E-state index in [1.807, 2.05) is 30.3 Å². The molecule has 0 bridgehead atoms. The van der Waals surface area contributed by atoms with Crippen molar-refractivity contribution in [3.63, 3.8) is 0 Å². The van der Waals surface area contributed by atoms with E-state index in [1.54, 1.807) is 0 Å². The van der Waals surface area contributed by atoms with Crippen LogP contribution in [0, 0.1) is 0 Å². The Morgan fingerprint density at radius 3 is 2.71 bits per heavy atom. The van der Waals surface area contributed by atoms with Crippen LogP contribution < -0.4 is 22.1 Å². The van der Waals surface area contributed by atoms with Gasteiger partial charge in [-0.25, -0.2) is 4.98 Å². The minimum Gasteiger partial charge on any atom is -0.365 e. The Labute approximate surface area is 198 Å². The zero-order valence-corrected chi connectivity index (χ0v) is 18.9. The first-order valence-corrected chi connectivity index (χ1v) is 11.7. The molecule has 2 unspecified atom stereocenters. The highest BCUT2D eigenvalue weighted by Gasteiger charge is 2.23. The third-order valence-electron chi connectivity index (χ3n) is 6.42. The van der Waals surface area contributed by atoms with Crippen LogP contribution in [0.4, 0.5) is 17.5 Å². The fourth-order valence-electron chi connectivity index (χ4n) is 4.55. The van der Waals surface area contributed by atoms with Crippen LogP contribution in [-0.4, -0.2) is 32.5 Å². The Morgan fingerprint density at radius 1 is 1.09 bits per heavy atom. The average molecular weight is 456 g/mol. The van der Waals surface area contributed by atoms with E-state index in [4.69, 9.17) is 11.5 Å². The Hall–Kier alpha value is -3.91. The molecule has 0 radical (unpaired) electrons. The molecule has 34 heavy (non-hydrogen) atoms. The third-order valence-corrected chi connectivity index (χ3v) is 6.42. The summed E-state index contributed by atoms with van der Waals surface area (Å²) in [4.78, 5) is 20.9. The molecule has 0 aliphatic heterocycles. The number of benzene rings is 2. The van der Waals surface area contributed by atoms with Crippen LogP contribution >= 0.6 is 0 Å². The molecule has 8 heteroatoms. The van der Waals surface area contributed by atoms with E-state index < -0.39 is 5.91 Å². The molecule has 1 aliphatic carbocycles. The summed E-state index contributed by atoms with van der Waals surface area (Å²) in [6, 6.07) is 18.6. The summed E-state index contributed by atoms with van der Waals surface area (Å²) in [5.74, 6) is 0.218. The molecule has 5 rings (SSSR count). The number of primary amides is 1. The lowest BCUT2D eigenvalue weighted by Crippen LogP contribution is -2.43. The van der Waals surface area contributed by atoms with Crippen molar-refractivity contribution in [3.05, 3.63) is 78.1 Å². The minimum atomic E-state index is -0.586. The topological polar surface area (TPSA) is 124 Å². The van der Waals surface area contributed by atoms with Gasteiger partial charge in [0.25, 0.3) is 5.91 Å². The van der Waals surface area contributed by atoms with Crippen LogP contribution in [0.5, 0.6) is 0 Å². The van der Waals surface area contributed by atoms with E-state index in [-0.39, 0.29) is 17.6 Å².